The molecule has 5 nitrogen and oxygen atoms in total. The third kappa shape index (κ3) is 4.63. The van der Waals surface area contributed by atoms with Gasteiger partial charge in [0.25, 0.3) is 0 Å². The molecule has 2 aromatic rings. The Hall–Kier alpha value is -3.21. The first kappa shape index (κ1) is 23.0. The zero-order chi connectivity index (χ0) is 23.5. The van der Waals surface area contributed by atoms with Crippen LogP contribution in [0, 0.1) is 5.92 Å². The molecule has 0 aromatic heterocycles. The number of carbonyl (C=O) groups excluding carboxylic acids is 2. The van der Waals surface area contributed by atoms with Crippen LogP contribution in [0.2, 0.25) is 0 Å². The molecule has 0 bridgehead atoms. The highest BCUT2D eigenvalue weighted by Gasteiger charge is 2.45. The topological polar surface area (TPSA) is 65.0 Å². The normalized spacial score (nSPS) is 22.6. The number of hydrogen-bond donors (Lipinski definition) is 0. The molecule has 4 rings (SSSR count). The van der Waals surface area contributed by atoms with Crippen molar-refractivity contribution < 1.29 is 19.1 Å². The minimum absolute atomic E-state index is 0.0384. The van der Waals surface area contributed by atoms with Gasteiger partial charge in [-0.3, -0.25) is 14.6 Å². The molecule has 3 atom stereocenters. The summed E-state index contributed by atoms with van der Waals surface area (Å²) in [7, 11) is 0. The molecule has 1 heterocycles. The number of hydrogen-bond acceptors (Lipinski definition) is 5. The van der Waals surface area contributed by atoms with Gasteiger partial charge in [-0.1, -0.05) is 48.5 Å². The highest BCUT2D eigenvalue weighted by molar-refractivity contribution is 6.09. The summed E-state index contributed by atoms with van der Waals surface area (Å²) in [5.41, 5.74) is 4.06. The number of ether oxygens (including phenoxy) is 2. The van der Waals surface area contributed by atoms with Crippen LogP contribution in [0.4, 0.5) is 0 Å². The van der Waals surface area contributed by atoms with Gasteiger partial charge in [0.15, 0.2) is 5.78 Å². The third-order valence-electron chi connectivity index (χ3n) is 6.32. The minimum Gasteiger partial charge on any atom is -0.491 e. The van der Waals surface area contributed by atoms with Crippen LogP contribution in [-0.2, 0) is 14.3 Å². The lowest BCUT2D eigenvalue weighted by Gasteiger charge is -2.37. The van der Waals surface area contributed by atoms with Crippen molar-refractivity contribution in [3.05, 3.63) is 77.0 Å². The quantitative estimate of drug-likeness (QED) is 0.542. The lowest BCUT2D eigenvalue weighted by molar-refractivity contribution is -0.146. The number of ketones is 1. The summed E-state index contributed by atoms with van der Waals surface area (Å²) >= 11 is 0. The van der Waals surface area contributed by atoms with Crippen LogP contribution in [0.1, 0.15) is 63.5 Å². The summed E-state index contributed by atoms with van der Waals surface area (Å²) in [6.45, 7) is 7.86. The minimum atomic E-state index is -0.655. The van der Waals surface area contributed by atoms with E-state index in [9.17, 15) is 9.59 Å². The molecule has 172 valence electrons. The van der Waals surface area contributed by atoms with Gasteiger partial charge in [-0.25, -0.2) is 0 Å². The smallest absolute Gasteiger partial charge is 0.315 e. The largest absolute Gasteiger partial charge is 0.491 e. The fourth-order valence-corrected chi connectivity index (χ4v) is 4.99. The van der Waals surface area contributed by atoms with E-state index in [1.165, 1.54) is 0 Å². The summed E-state index contributed by atoms with van der Waals surface area (Å²) in [6, 6.07) is 17.8. The molecule has 0 spiro atoms. The highest BCUT2D eigenvalue weighted by Crippen LogP contribution is 2.48. The van der Waals surface area contributed by atoms with Crippen molar-refractivity contribution in [1.29, 1.82) is 0 Å². The standard InChI is InChI=1S/C28H31NO4/c1-5-32-28(31)25-18(4)29-22-15-20(19-11-7-6-8-12-19)16-23(30)27(22)26(25)21-13-9-10-14-24(21)33-17(2)3/h6-14,17,20,25-26H,5,15-16H2,1-4H3/t20-,25?,26+/m1/s1. The SMILES string of the molecule is CCOC(=O)C1C(C)=NC2=C(C(=O)C[C@H](c3ccccc3)C2)[C@H]1c1ccccc1OC(C)C. The van der Waals surface area contributed by atoms with E-state index < -0.39 is 11.8 Å². The van der Waals surface area contributed by atoms with Gasteiger partial charge < -0.3 is 9.47 Å². The molecule has 1 aliphatic heterocycles. The van der Waals surface area contributed by atoms with E-state index in [1.54, 1.807) is 6.92 Å². The van der Waals surface area contributed by atoms with Gasteiger partial charge in [0.05, 0.1) is 12.7 Å². The molecule has 1 aliphatic carbocycles. The van der Waals surface area contributed by atoms with Crippen molar-refractivity contribution in [2.45, 2.75) is 58.5 Å². The lowest BCUT2D eigenvalue weighted by atomic mass is 9.69. The average molecular weight is 446 g/mol. The predicted molar refractivity (Wildman–Crippen MR) is 129 cm³/mol. The zero-order valence-electron chi connectivity index (χ0n) is 19.7. The Labute approximate surface area is 195 Å². The number of nitrogens with zero attached hydrogens (tertiary/aromatic N) is 1. The maximum atomic E-state index is 13.6. The summed E-state index contributed by atoms with van der Waals surface area (Å²) in [5.74, 6) is -0.677. The van der Waals surface area contributed by atoms with E-state index in [-0.39, 0.29) is 30.4 Å². The van der Waals surface area contributed by atoms with E-state index in [0.717, 1.165) is 16.8 Å². The van der Waals surface area contributed by atoms with E-state index in [2.05, 4.69) is 12.1 Å². The van der Waals surface area contributed by atoms with Crippen LogP contribution in [0.15, 0.2) is 70.9 Å². The Kier molecular flexibility index (Phi) is 6.77. The molecule has 0 saturated heterocycles. The predicted octanol–water partition coefficient (Wildman–Crippen LogP) is 5.61. The van der Waals surface area contributed by atoms with Gasteiger partial charge in [0.1, 0.15) is 11.7 Å². The van der Waals surface area contributed by atoms with Gasteiger partial charge in [0, 0.05) is 34.9 Å². The summed E-state index contributed by atoms with van der Waals surface area (Å²) in [4.78, 5) is 31.6. The van der Waals surface area contributed by atoms with Crippen molar-refractivity contribution in [2.75, 3.05) is 6.61 Å². The highest BCUT2D eigenvalue weighted by atomic mass is 16.5. The number of esters is 1. The molecule has 5 heteroatoms. The molecule has 0 amide bonds. The summed E-state index contributed by atoms with van der Waals surface area (Å²) < 4.78 is 11.5. The third-order valence-corrected chi connectivity index (χ3v) is 6.32. The van der Waals surface area contributed by atoms with Gasteiger partial charge in [0.2, 0.25) is 0 Å². The Bertz CT molecular complexity index is 1100. The first-order valence-corrected chi connectivity index (χ1v) is 11.7. The first-order valence-electron chi connectivity index (χ1n) is 11.7. The van der Waals surface area contributed by atoms with E-state index in [0.29, 0.717) is 29.9 Å². The van der Waals surface area contributed by atoms with Crippen LogP contribution in [0.5, 0.6) is 5.75 Å². The summed E-state index contributed by atoms with van der Waals surface area (Å²) in [5, 5.41) is 0. The molecule has 0 saturated carbocycles. The van der Waals surface area contributed by atoms with Crippen LogP contribution in [0.3, 0.4) is 0 Å². The molecule has 0 N–H and O–H groups in total. The molecule has 33 heavy (non-hydrogen) atoms. The fourth-order valence-electron chi connectivity index (χ4n) is 4.99. The number of aliphatic imine (C=N–C) groups is 1. The van der Waals surface area contributed by atoms with E-state index in [4.69, 9.17) is 14.5 Å². The number of benzene rings is 2. The molecule has 2 aliphatic rings. The van der Waals surface area contributed by atoms with Gasteiger partial charge in [-0.15, -0.1) is 0 Å². The average Bonchev–Trinajstić information content (AvgIpc) is 2.78. The lowest BCUT2D eigenvalue weighted by Crippen LogP contribution is -2.38. The Morgan fingerprint density at radius 3 is 2.45 bits per heavy atom. The molecule has 1 unspecified atom stereocenters. The fraction of sp³-hybridized carbons (Fsp3) is 0.393. The molecule has 2 aromatic carbocycles. The van der Waals surface area contributed by atoms with Gasteiger partial charge >= 0.3 is 5.97 Å². The second-order valence-corrected chi connectivity index (χ2v) is 8.96. The maximum Gasteiger partial charge on any atom is 0.315 e. The van der Waals surface area contributed by atoms with Crippen LogP contribution in [0.25, 0.3) is 0 Å². The van der Waals surface area contributed by atoms with Crippen LogP contribution < -0.4 is 4.74 Å². The monoisotopic (exact) mass is 445 g/mol. The molecule has 0 fully saturated rings. The Morgan fingerprint density at radius 1 is 1.06 bits per heavy atom. The number of allylic oxidation sites excluding steroid dienone is 2. The van der Waals surface area contributed by atoms with Crippen LogP contribution in [-0.4, -0.2) is 30.2 Å². The maximum absolute atomic E-state index is 13.6. The first-order chi connectivity index (χ1) is 15.9. The van der Waals surface area contributed by atoms with Crippen molar-refractivity contribution in [2.24, 2.45) is 10.9 Å². The molecule has 0 radical (unpaired) electrons. The number of rotatable bonds is 6. The van der Waals surface area contributed by atoms with Gasteiger partial charge in [-0.05, 0) is 51.7 Å². The Morgan fingerprint density at radius 2 is 1.76 bits per heavy atom. The van der Waals surface area contributed by atoms with E-state index in [1.807, 2.05) is 63.2 Å². The number of para-hydroxylation sites is 1. The number of carbonyl (C=O) groups is 2. The number of Topliss-reactive ketones (excluding diaryl/α,β-unsaturated/α-hetero) is 1. The van der Waals surface area contributed by atoms with Gasteiger partial charge in [-0.2, -0.15) is 0 Å². The second-order valence-electron chi connectivity index (χ2n) is 8.96. The van der Waals surface area contributed by atoms with E-state index >= 15 is 0 Å². The van der Waals surface area contributed by atoms with Crippen LogP contribution >= 0.6 is 0 Å². The van der Waals surface area contributed by atoms with Crippen molar-refractivity contribution in [3.8, 4) is 5.75 Å². The zero-order valence-corrected chi connectivity index (χ0v) is 19.7. The molecular formula is C28H31NO4. The van der Waals surface area contributed by atoms with Crippen molar-refractivity contribution in [1.82, 2.24) is 0 Å². The van der Waals surface area contributed by atoms with Crippen molar-refractivity contribution in [3.63, 3.8) is 0 Å². The summed E-state index contributed by atoms with van der Waals surface area (Å²) in [6.07, 6.45) is 1.03. The van der Waals surface area contributed by atoms with Crippen molar-refractivity contribution >= 4 is 17.5 Å². The second kappa shape index (κ2) is 9.74. The Balaban J connectivity index is 1.84. The molecular weight excluding hydrogens is 414 g/mol.